The zero-order chi connectivity index (χ0) is 21.2. The van der Waals surface area contributed by atoms with Crippen molar-refractivity contribution in [1.29, 1.82) is 0 Å². The van der Waals surface area contributed by atoms with Gasteiger partial charge in [-0.15, -0.1) is 0 Å². The van der Waals surface area contributed by atoms with Crippen LogP contribution >= 0.6 is 0 Å². The molecule has 0 unspecified atom stereocenters. The predicted molar refractivity (Wildman–Crippen MR) is 96.1 cm³/mol. The van der Waals surface area contributed by atoms with Gasteiger partial charge in [-0.25, -0.2) is 4.79 Å². The number of benzene rings is 1. The van der Waals surface area contributed by atoms with Crippen molar-refractivity contribution < 1.29 is 35.3 Å². The van der Waals surface area contributed by atoms with Gasteiger partial charge in [-0.2, -0.15) is 26.7 Å². The normalized spacial score (nSPS) is 14.1. The van der Waals surface area contributed by atoms with Crippen LogP contribution < -0.4 is 0 Å². The summed E-state index contributed by atoms with van der Waals surface area (Å²) in [6, 6.07) is 9.25. The van der Waals surface area contributed by atoms with Crippen LogP contribution in [0.1, 0.15) is 40.7 Å². The van der Waals surface area contributed by atoms with Crippen molar-refractivity contribution >= 4 is 22.2 Å². The van der Waals surface area contributed by atoms with Gasteiger partial charge in [0, 0.05) is 17.7 Å². The smallest absolute Gasteiger partial charge is 0.461 e. The lowest BCUT2D eigenvalue weighted by Gasteiger charge is -2.17. The third-order valence-electron chi connectivity index (χ3n) is 4.16. The minimum atomic E-state index is -5.80. The van der Waals surface area contributed by atoms with E-state index in [2.05, 4.69) is 9.28 Å². The highest BCUT2D eigenvalue weighted by Gasteiger charge is 2.49. The molecule has 3 rings (SSSR count). The van der Waals surface area contributed by atoms with E-state index in [0.717, 1.165) is 11.6 Å². The SMILES string of the molecule is CCOC(=O)c1nn(Cc2ccccc2)c2c1C=C(OS(=O)(=O)C(F)(F)F)CC2. The van der Waals surface area contributed by atoms with Crippen molar-refractivity contribution in [3.8, 4) is 0 Å². The van der Waals surface area contributed by atoms with Crippen LogP contribution in [-0.4, -0.2) is 36.3 Å². The number of alkyl halides is 3. The first kappa shape index (κ1) is 20.9. The molecule has 1 heterocycles. The number of rotatable bonds is 6. The summed E-state index contributed by atoms with van der Waals surface area (Å²) in [6.07, 6.45) is 1.15. The minimum Gasteiger partial charge on any atom is -0.461 e. The summed E-state index contributed by atoms with van der Waals surface area (Å²) in [6.45, 7) is 2.01. The first-order chi connectivity index (χ1) is 13.6. The fourth-order valence-electron chi connectivity index (χ4n) is 2.89. The van der Waals surface area contributed by atoms with Crippen LogP contribution in [-0.2, 0) is 32.0 Å². The lowest BCUT2D eigenvalue weighted by atomic mass is 10.0. The van der Waals surface area contributed by atoms with Gasteiger partial charge in [0.1, 0.15) is 5.76 Å². The van der Waals surface area contributed by atoms with Crippen LogP contribution in [0.4, 0.5) is 13.2 Å². The first-order valence-electron chi connectivity index (χ1n) is 8.64. The quantitative estimate of drug-likeness (QED) is 0.397. The molecule has 29 heavy (non-hydrogen) atoms. The van der Waals surface area contributed by atoms with Gasteiger partial charge in [0.05, 0.1) is 13.2 Å². The van der Waals surface area contributed by atoms with E-state index < -0.39 is 27.4 Å². The zero-order valence-electron chi connectivity index (χ0n) is 15.3. The summed E-state index contributed by atoms with van der Waals surface area (Å²) in [4.78, 5) is 12.3. The van der Waals surface area contributed by atoms with Crippen molar-refractivity contribution in [2.75, 3.05) is 6.61 Å². The second-order valence-corrected chi connectivity index (χ2v) is 7.70. The summed E-state index contributed by atoms with van der Waals surface area (Å²) in [7, 11) is -5.80. The van der Waals surface area contributed by atoms with E-state index in [1.165, 1.54) is 0 Å². The molecule has 7 nitrogen and oxygen atoms in total. The summed E-state index contributed by atoms with van der Waals surface area (Å²) in [5, 5.41) is 4.26. The molecule has 1 aromatic carbocycles. The van der Waals surface area contributed by atoms with Gasteiger partial charge in [-0.3, -0.25) is 4.68 Å². The van der Waals surface area contributed by atoms with Crippen LogP contribution in [0.15, 0.2) is 36.1 Å². The highest BCUT2D eigenvalue weighted by molar-refractivity contribution is 7.87. The molecule has 0 aliphatic heterocycles. The first-order valence-corrected chi connectivity index (χ1v) is 10.0. The number of nitrogens with zero attached hydrogens (tertiary/aromatic N) is 2. The monoisotopic (exact) mass is 430 g/mol. The van der Waals surface area contributed by atoms with Crippen molar-refractivity contribution in [2.45, 2.75) is 31.8 Å². The molecule has 0 spiro atoms. The van der Waals surface area contributed by atoms with Crippen molar-refractivity contribution in [1.82, 2.24) is 9.78 Å². The molecular formula is C18H17F3N2O5S. The molecule has 1 aliphatic carbocycles. The molecule has 0 fully saturated rings. The van der Waals surface area contributed by atoms with Gasteiger partial charge >= 0.3 is 21.6 Å². The number of aromatic nitrogens is 2. The average molecular weight is 430 g/mol. The molecule has 0 N–H and O–H groups in total. The van der Waals surface area contributed by atoms with Crippen LogP contribution in [0.5, 0.6) is 0 Å². The minimum absolute atomic E-state index is 0.0781. The van der Waals surface area contributed by atoms with Gasteiger partial charge in [0.2, 0.25) is 0 Å². The predicted octanol–water partition coefficient (Wildman–Crippen LogP) is 3.26. The molecule has 0 saturated heterocycles. The Morgan fingerprint density at radius 2 is 1.90 bits per heavy atom. The summed E-state index contributed by atoms with van der Waals surface area (Å²) < 4.78 is 71.2. The number of fused-ring (bicyclic) bond motifs is 1. The van der Waals surface area contributed by atoms with Gasteiger partial charge in [-0.1, -0.05) is 30.3 Å². The molecule has 11 heteroatoms. The Bertz CT molecular complexity index is 1040. The molecule has 0 radical (unpaired) electrons. The Morgan fingerprint density at radius 1 is 1.21 bits per heavy atom. The summed E-state index contributed by atoms with van der Waals surface area (Å²) >= 11 is 0. The van der Waals surface area contributed by atoms with Gasteiger partial charge in [0.15, 0.2) is 5.69 Å². The Labute approximate surface area is 164 Å². The van der Waals surface area contributed by atoms with Crippen molar-refractivity contribution in [2.24, 2.45) is 0 Å². The molecule has 1 aliphatic rings. The number of esters is 1. The third kappa shape index (κ3) is 4.44. The van der Waals surface area contributed by atoms with E-state index in [-0.39, 0.29) is 30.7 Å². The average Bonchev–Trinajstić information content (AvgIpc) is 2.99. The maximum Gasteiger partial charge on any atom is 0.534 e. The lowest BCUT2D eigenvalue weighted by molar-refractivity contribution is -0.0523. The van der Waals surface area contributed by atoms with Crippen LogP contribution in [0.25, 0.3) is 6.08 Å². The molecule has 0 saturated carbocycles. The van der Waals surface area contributed by atoms with E-state index in [1.54, 1.807) is 11.6 Å². The van der Waals surface area contributed by atoms with Crippen molar-refractivity contribution in [3.63, 3.8) is 0 Å². The molecule has 156 valence electrons. The molecule has 2 aromatic rings. The zero-order valence-corrected chi connectivity index (χ0v) is 16.1. The number of hydrogen-bond donors (Lipinski definition) is 0. The van der Waals surface area contributed by atoms with E-state index in [0.29, 0.717) is 12.2 Å². The summed E-state index contributed by atoms with van der Waals surface area (Å²) in [5.74, 6) is -1.17. The maximum absolute atomic E-state index is 12.6. The van der Waals surface area contributed by atoms with Crippen LogP contribution in [0, 0.1) is 0 Å². The number of halogens is 3. The van der Waals surface area contributed by atoms with Gasteiger partial charge in [0.25, 0.3) is 0 Å². The standard InChI is InChI=1S/C18H17F3N2O5S/c1-2-27-17(24)16-14-10-13(28-29(25,26)18(19,20)21)8-9-15(14)23(22-16)11-12-6-4-3-5-7-12/h3-7,10H,2,8-9,11H2,1H3. The summed E-state index contributed by atoms with van der Waals surface area (Å²) in [5.41, 5.74) is -3.98. The largest absolute Gasteiger partial charge is 0.534 e. The van der Waals surface area contributed by atoms with E-state index >= 15 is 0 Å². The van der Waals surface area contributed by atoms with Crippen LogP contribution in [0.3, 0.4) is 0 Å². The number of hydrogen-bond acceptors (Lipinski definition) is 6. The number of carbonyl (C=O) groups excluding carboxylic acids is 1. The lowest BCUT2D eigenvalue weighted by Crippen LogP contribution is -2.26. The third-order valence-corrected chi connectivity index (χ3v) is 5.16. The second kappa shape index (κ2) is 7.90. The fourth-order valence-corrected chi connectivity index (χ4v) is 3.40. The number of allylic oxidation sites excluding steroid dienone is 1. The van der Waals surface area contributed by atoms with E-state index in [4.69, 9.17) is 4.74 Å². The topological polar surface area (TPSA) is 87.5 Å². The molecule has 0 bridgehead atoms. The Morgan fingerprint density at radius 3 is 2.52 bits per heavy atom. The molecular weight excluding hydrogens is 413 g/mol. The highest BCUT2D eigenvalue weighted by atomic mass is 32.2. The Kier molecular flexibility index (Phi) is 5.69. The molecule has 1 aromatic heterocycles. The fraction of sp³-hybridized carbons (Fsp3) is 0.333. The molecule has 0 atom stereocenters. The second-order valence-electron chi connectivity index (χ2n) is 6.17. The van der Waals surface area contributed by atoms with Gasteiger partial charge in [-0.05, 0) is 25.0 Å². The maximum atomic E-state index is 12.6. The Balaban J connectivity index is 2.00. The number of carbonyl (C=O) groups is 1. The molecule has 0 amide bonds. The van der Waals surface area contributed by atoms with Gasteiger partial charge < -0.3 is 8.92 Å². The highest BCUT2D eigenvalue weighted by Crippen LogP contribution is 2.33. The Hall–Kier alpha value is -2.82. The van der Waals surface area contributed by atoms with Crippen molar-refractivity contribution in [3.05, 3.63) is 58.6 Å². The van der Waals surface area contributed by atoms with E-state index in [1.807, 2.05) is 30.3 Å². The number of ether oxygens (including phenoxy) is 1. The van der Waals surface area contributed by atoms with Crippen LogP contribution in [0.2, 0.25) is 0 Å². The van der Waals surface area contributed by atoms with E-state index in [9.17, 15) is 26.4 Å².